The van der Waals surface area contributed by atoms with Gasteiger partial charge in [-0.25, -0.2) is 0 Å². The van der Waals surface area contributed by atoms with E-state index in [2.05, 4.69) is 18.9 Å². The smallest absolute Gasteiger partial charge is 0.0823 e. The lowest BCUT2D eigenvalue weighted by atomic mass is 10.0. The van der Waals surface area contributed by atoms with Crippen molar-refractivity contribution in [1.82, 2.24) is 9.78 Å². The fourth-order valence-corrected chi connectivity index (χ4v) is 1.85. The van der Waals surface area contributed by atoms with Crippen molar-refractivity contribution in [3.05, 3.63) is 17.5 Å². The summed E-state index contributed by atoms with van der Waals surface area (Å²) in [5.41, 5.74) is 2.04. The molecule has 0 aliphatic heterocycles. The van der Waals surface area contributed by atoms with Crippen LogP contribution in [0.1, 0.15) is 56.9 Å². The normalized spacial score (nSPS) is 13.1. The molecule has 0 spiro atoms. The molecule has 0 amide bonds. The third-order valence-electron chi connectivity index (χ3n) is 2.71. The Morgan fingerprint density at radius 2 is 2.13 bits per heavy atom. The lowest BCUT2D eigenvalue weighted by molar-refractivity contribution is 0.162. The van der Waals surface area contributed by atoms with E-state index < -0.39 is 0 Å². The highest BCUT2D eigenvalue weighted by Gasteiger charge is 2.14. The van der Waals surface area contributed by atoms with E-state index in [-0.39, 0.29) is 6.10 Å². The first-order valence-corrected chi connectivity index (χ1v) is 5.89. The van der Waals surface area contributed by atoms with Crippen molar-refractivity contribution in [2.24, 2.45) is 7.05 Å². The van der Waals surface area contributed by atoms with Crippen LogP contribution in [0.25, 0.3) is 0 Å². The average Bonchev–Trinajstić information content (AvgIpc) is 2.60. The summed E-state index contributed by atoms with van der Waals surface area (Å²) in [6.07, 6.45) is 6.83. The molecule has 1 heterocycles. The van der Waals surface area contributed by atoms with E-state index in [1.165, 1.54) is 12.8 Å². The first-order valence-electron chi connectivity index (χ1n) is 5.89. The highest BCUT2D eigenvalue weighted by Crippen LogP contribution is 2.22. The molecule has 3 nitrogen and oxygen atoms in total. The van der Waals surface area contributed by atoms with Crippen LogP contribution in [-0.2, 0) is 13.5 Å². The van der Waals surface area contributed by atoms with Gasteiger partial charge in [-0.3, -0.25) is 4.68 Å². The van der Waals surface area contributed by atoms with Gasteiger partial charge in [0.2, 0.25) is 0 Å². The van der Waals surface area contributed by atoms with E-state index in [0.29, 0.717) is 0 Å². The summed E-state index contributed by atoms with van der Waals surface area (Å²) in [5.74, 6) is 0. The summed E-state index contributed by atoms with van der Waals surface area (Å²) in [5, 5.41) is 14.4. The van der Waals surface area contributed by atoms with Crippen LogP contribution >= 0.6 is 0 Å². The fourth-order valence-electron chi connectivity index (χ4n) is 1.85. The molecule has 0 saturated carbocycles. The summed E-state index contributed by atoms with van der Waals surface area (Å²) in [6.45, 7) is 4.25. The zero-order valence-electron chi connectivity index (χ0n) is 10.0. The minimum Gasteiger partial charge on any atom is -0.388 e. The van der Waals surface area contributed by atoms with Crippen LogP contribution in [0.2, 0.25) is 0 Å². The van der Waals surface area contributed by atoms with Crippen LogP contribution in [0.15, 0.2) is 6.20 Å². The van der Waals surface area contributed by atoms with Gasteiger partial charge in [0.25, 0.3) is 0 Å². The molecule has 3 heteroatoms. The second-order valence-electron chi connectivity index (χ2n) is 4.07. The SMILES string of the molecule is CCCCCC(O)c1cn(C)nc1CC. The minimum atomic E-state index is -0.333. The zero-order valence-corrected chi connectivity index (χ0v) is 10.0. The summed E-state index contributed by atoms with van der Waals surface area (Å²) in [7, 11) is 1.90. The Bertz CT molecular complexity index is 294. The van der Waals surface area contributed by atoms with E-state index >= 15 is 0 Å². The van der Waals surface area contributed by atoms with E-state index in [4.69, 9.17) is 0 Å². The number of hydrogen-bond donors (Lipinski definition) is 1. The van der Waals surface area contributed by atoms with Gasteiger partial charge in [0.15, 0.2) is 0 Å². The lowest BCUT2D eigenvalue weighted by Gasteiger charge is -2.09. The third kappa shape index (κ3) is 3.34. The van der Waals surface area contributed by atoms with Crippen molar-refractivity contribution < 1.29 is 5.11 Å². The van der Waals surface area contributed by atoms with Gasteiger partial charge < -0.3 is 5.11 Å². The molecule has 15 heavy (non-hydrogen) atoms. The Kier molecular flexibility index (Phi) is 4.82. The van der Waals surface area contributed by atoms with Gasteiger partial charge in [-0.1, -0.05) is 33.1 Å². The topological polar surface area (TPSA) is 38.0 Å². The molecule has 0 aliphatic rings. The standard InChI is InChI=1S/C12H22N2O/c1-4-6-7-8-12(15)10-9-14(3)13-11(10)5-2/h9,12,15H,4-8H2,1-3H3. The maximum Gasteiger partial charge on any atom is 0.0823 e. The average molecular weight is 210 g/mol. The molecule has 1 unspecified atom stereocenters. The highest BCUT2D eigenvalue weighted by atomic mass is 16.3. The fraction of sp³-hybridized carbons (Fsp3) is 0.750. The Balaban J connectivity index is 2.59. The van der Waals surface area contributed by atoms with Crippen molar-refractivity contribution >= 4 is 0 Å². The Morgan fingerprint density at radius 3 is 2.73 bits per heavy atom. The number of nitrogens with zero attached hydrogens (tertiary/aromatic N) is 2. The largest absolute Gasteiger partial charge is 0.388 e. The number of aliphatic hydroxyl groups excluding tert-OH is 1. The number of unbranched alkanes of at least 4 members (excludes halogenated alkanes) is 2. The molecule has 86 valence electrons. The van der Waals surface area contributed by atoms with Gasteiger partial charge >= 0.3 is 0 Å². The number of rotatable bonds is 6. The summed E-state index contributed by atoms with van der Waals surface area (Å²) in [4.78, 5) is 0. The van der Waals surface area contributed by atoms with Gasteiger partial charge in [-0.15, -0.1) is 0 Å². The van der Waals surface area contributed by atoms with E-state index in [9.17, 15) is 5.11 Å². The van der Waals surface area contributed by atoms with Crippen LogP contribution in [-0.4, -0.2) is 14.9 Å². The quantitative estimate of drug-likeness (QED) is 0.733. The summed E-state index contributed by atoms with van der Waals surface area (Å²) in [6, 6.07) is 0. The molecule has 0 aliphatic carbocycles. The summed E-state index contributed by atoms with van der Waals surface area (Å²) >= 11 is 0. The Labute approximate surface area is 92.1 Å². The molecule has 0 aromatic carbocycles. The maximum atomic E-state index is 10.0. The van der Waals surface area contributed by atoms with Crippen molar-refractivity contribution in [2.45, 2.75) is 52.1 Å². The van der Waals surface area contributed by atoms with Crippen LogP contribution in [0.4, 0.5) is 0 Å². The molecule has 0 bridgehead atoms. The van der Waals surface area contributed by atoms with Crippen LogP contribution in [0, 0.1) is 0 Å². The Hall–Kier alpha value is -0.830. The van der Waals surface area contributed by atoms with E-state index in [1.807, 2.05) is 13.2 Å². The Morgan fingerprint density at radius 1 is 1.40 bits per heavy atom. The first kappa shape index (κ1) is 12.2. The van der Waals surface area contributed by atoms with Crippen molar-refractivity contribution in [2.75, 3.05) is 0 Å². The van der Waals surface area contributed by atoms with Crippen molar-refractivity contribution in [3.8, 4) is 0 Å². The minimum absolute atomic E-state index is 0.333. The van der Waals surface area contributed by atoms with Crippen LogP contribution in [0.5, 0.6) is 0 Å². The van der Waals surface area contributed by atoms with Crippen molar-refractivity contribution in [1.29, 1.82) is 0 Å². The predicted molar refractivity (Wildman–Crippen MR) is 61.7 cm³/mol. The molecular weight excluding hydrogens is 188 g/mol. The van der Waals surface area contributed by atoms with Crippen molar-refractivity contribution in [3.63, 3.8) is 0 Å². The molecule has 1 N–H and O–H groups in total. The van der Waals surface area contributed by atoms with Crippen LogP contribution in [0.3, 0.4) is 0 Å². The maximum absolute atomic E-state index is 10.0. The lowest BCUT2D eigenvalue weighted by Crippen LogP contribution is -1.99. The molecular formula is C12H22N2O. The first-order chi connectivity index (χ1) is 7.19. The van der Waals surface area contributed by atoms with Gasteiger partial charge in [-0.05, 0) is 12.8 Å². The number of hydrogen-bond acceptors (Lipinski definition) is 2. The molecule has 1 aromatic rings. The number of aliphatic hydroxyl groups is 1. The predicted octanol–water partition coefficient (Wildman–Crippen LogP) is 2.60. The van der Waals surface area contributed by atoms with E-state index in [0.717, 1.165) is 30.5 Å². The zero-order chi connectivity index (χ0) is 11.3. The molecule has 0 saturated heterocycles. The van der Waals surface area contributed by atoms with E-state index in [1.54, 1.807) is 4.68 Å². The van der Waals surface area contributed by atoms with Gasteiger partial charge in [0.1, 0.15) is 0 Å². The molecule has 1 atom stereocenters. The second kappa shape index (κ2) is 5.91. The number of aryl methyl sites for hydroxylation is 2. The molecule has 0 radical (unpaired) electrons. The number of aromatic nitrogens is 2. The van der Waals surface area contributed by atoms with Gasteiger partial charge in [-0.2, -0.15) is 5.10 Å². The highest BCUT2D eigenvalue weighted by molar-refractivity contribution is 5.19. The molecule has 0 fully saturated rings. The molecule has 1 rings (SSSR count). The molecule has 1 aromatic heterocycles. The monoisotopic (exact) mass is 210 g/mol. The van der Waals surface area contributed by atoms with Gasteiger partial charge in [0.05, 0.1) is 11.8 Å². The van der Waals surface area contributed by atoms with Gasteiger partial charge in [0, 0.05) is 18.8 Å². The third-order valence-corrected chi connectivity index (χ3v) is 2.71. The van der Waals surface area contributed by atoms with Crippen LogP contribution < -0.4 is 0 Å². The second-order valence-corrected chi connectivity index (χ2v) is 4.07. The summed E-state index contributed by atoms with van der Waals surface area (Å²) < 4.78 is 1.79.